The highest BCUT2D eigenvalue weighted by Gasteiger charge is 2.30. The van der Waals surface area contributed by atoms with Crippen molar-refractivity contribution in [3.8, 4) is 0 Å². The van der Waals surface area contributed by atoms with Gasteiger partial charge in [-0.15, -0.1) is 0 Å². The first kappa shape index (κ1) is 13.4. The van der Waals surface area contributed by atoms with Crippen LogP contribution < -0.4 is 16.0 Å². The molecule has 1 fully saturated rings. The van der Waals surface area contributed by atoms with Crippen LogP contribution in [0, 0.1) is 5.92 Å². The van der Waals surface area contributed by atoms with Gasteiger partial charge in [-0.3, -0.25) is 4.79 Å². The van der Waals surface area contributed by atoms with Gasteiger partial charge in [-0.05, 0) is 34.0 Å². The van der Waals surface area contributed by atoms with Crippen LogP contribution in [0.25, 0.3) is 0 Å². The summed E-state index contributed by atoms with van der Waals surface area (Å²) in [7, 11) is 0. The molecule has 0 aromatic heterocycles. The van der Waals surface area contributed by atoms with E-state index >= 15 is 0 Å². The molecule has 0 bridgehead atoms. The molecule has 2 rings (SSSR count). The molecule has 98 valence electrons. The normalized spacial score (nSPS) is 24.6. The van der Waals surface area contributed by atoms with E-state index < -0.39 is 0 Å². The van der Waals surface area contributed by atoms with E-state index in [2.05, 4.69) is 33.1 Å². The van der Waals surface area contributed by atoms with Crippen molar-refractivity contribution in [1.82, 2.24) is 5.32 Å². The number of carbonyl (C=O) groups is 1. The third-order valence-corrected chi connectivity index (χ3v) is 3.87. The van der Waals surface area contributed by atoms with Gasteiger partial charge in [0, 0.05) is 24.1 Å². The fraction of sp³-hybridized carbons (Fsp3) is 0.462. The molecule has 1 heterocycles. The molecule has 18 heavy (non-hydrogen) atoms. The van der Waals surface area contributed by atoms with Gasteiger partial charge in [-0.25, -0.2) is 0 Å². The summed E-state index contributed by atoms with van der Waals surface area (Å²) in [4.78, 5) is 14.1. The highest BCUT2D eigenvalue weighted by molar-refractivity contribution is 9.10. The lowest BCUT2D eigenvalue weighted by Crippen LogP contribution is -2.49. The van der Waals surface area contributed by atoms with Gasteiger partial charge in [0.2, 0.25) is 5.91 Å². The van der Waals surface area contributed by atoms with Gasteiger partial charge in [0.25, 0.3) is 0 Å². The molecule has 0 spiro atoms. The Labute approximate surface area is 116 Å². The number of nitrogens with two attached hydrogens (primary N) is 1. The first-order chi connectivity index (χ1) is 8.63. The van der Waals surface area contributed by atoms with Crippen LogP contribution in [0.2, 0.25) is 0 Å². The predicted octanol–water partition coefficient (Wildman–Crippen LogP) is 1.35. The summed E-state index contributed by atoms with van der Waals surface area (Å²) in [5.74, 6) is 0.412. The lowest BCUT2D eigenvalue weighted by atomic mass is 10.1. The third-order valence-electron chi connectivity index (χ3n) is 3.20. The number of anilines is 1. The molecule has 1 aromatic carbocycles. The lowest BCUT2D eigenvalue weighted by Gasteiger charge is -2.31. The van der Waals surface area contributed by atoms with Crippen molar-refractivity contribution in [2.75, 3.05) is 24.5 Å². The van der Waals surface area contributed by atoms with E-state index in [-0.39, 0.29) is 11.9 Å². The minimum absolute atomic E-state index is 0.0117. The van der Waals surface area contributed by atoms with Gasteiger partial charge in [-0.2, -0.15) is 0 Å². The van der Waals surface area contributed by atoms with Crippen molar-refractivity contribution >= 4 is 27.5 Å². The summed E-state index contributed by atoms with van der Waals surface area (Å²) in [6.45, 7) is 3.97. The molecule has 1 aromatic rings. The fourth-order valence-corrected chi connectivity index (χ4v) is 2.76. The minimum Gasteiger partial charge on any atom is -0.357 e. The zero-order valence-corrected chi connectivity index (χ0v) is 12.0. The number of rotatable bonds is 2. The Bertz CT molecular complexity index is 438. The van der Waals surface area contributed by atoms with Gasteiger partial charge in [-0.1, -0.05) is 19.1 Å². The number of hydrogen-bond acceptors (Lipinski definition) is 3. The first-order valence-corrected chi connectivity index (χ1v) is 6.91. The summed E-state index contributed by atoms with van der Waals surface area (Å²) in [6.07, 6.45) is 0. The summed E-state index contributed by atoms with van der Waals surface area (Å²) in [5.41, 5.74) is 6.79. The van der Waals surface area contributed by atoms with Crippen LogP contribution in [0.15, 0.2) is 28.7 Å². The second kappa shape index (κ2) is 5.71. The van der Waals surface area contributed by atoms with Crippen molar-refractivity contribution in [3.63, 3.8) is 0 Å². The zero-order chi connectivity index (χ0) is 13.1. The molecule has 0 radical (unpaired) electrons. The summed E-state index contributed by atoms with van der Waals surface area (Å²) >= 11 is 3.54. The first-order valence-electron chi connectivity index (χ1n) is 6.12. The highest BCUT2D eigenvalue weighted by Crippen LogP contribution is 2.28. The van der Waals surface area contributed by atoms with Crippen LogP contribution in [0.3, 0.4) is 0 Å². The molecule has 0 saturated carbocycles. The highest BCUT2D eigenvalue weighted by atomic mass is 79.9. The lowest BCUT2D eigenvalue weighted by molar-refractivity contribution is -0.121. The van der Waals surface area contributed by atoms with Crippen LogP contribution in [-0.2, 0) is 4.79 Å². The Hall–Kier alpha value is -1.07. The quantitative estimate of drug-likeness (QED) is 0.867. The molecule has 1 amide bonds. The molecule has 3 N–H and O–H groups in total. The largest absolute Gasteiger partial charge is 0.357 e. The maximum absolute atomic E-state index is 12.0. The van der Waals surface area contributed by atoms with E-state index in [1.165, 1.54) is 0 Å². The number of para-hydroxylation sites is 1. The summed E-state index contributed by atoms with van der Waals surface area (Å²) < 4.78 is 0.991. The Balaban J connectivity index is 2.37. The Morgan fingerprint density at radius 3 is 2.89 bits per heavy atom. The average Bonchev–Trinajstić information content (AvgIpc) is 2.50. The summed E-state index contributed by atoms with van der Waals surface area (Å²) in [6, 6.07) is 7.63. The second-order valence-corrected chi connectivity index (χ2v) is 5.56. The van der Waals surface area contributed by atoms with Gasteiger partial charge in [0.1, 0.15) is 6.04 Å². The van der Waals surface area contributed by atoms with E-state index in [9.17, 15) is 4.79 Å². The van der Waals surface area contributed by atoms with E-state index in [0.29, 0.717) is 19.0 Å². The topological polar surface area (TPSA) is 58.4 Å². The fourth-order valence-electron chi connectivity index (χ4n) is 2.25. The van der Waals surface area contributed by atoms with Crippen molar-refractivity contribution in [1.29, 1.82) is 0 Å². The zero-order valence-electron chi connectivity index (χ0n) is 10.4. The van der Waals surface area contributed by atoms with Gasteiger partial charge in [0.15, 0.2) is 0 Å². The van der Waals surface area contributed by atoms with Crippen molar-refractivity contribution in [2.24, 2.45) is 11.7 Å². The Morgan fingerprint density at radius 1 is 1.50 bits per heavy atom. The molecule has 5 heteroatoms. The van der Waals surface area contributed by atoms with E-state index in [1.807, 2.05) is 24.3 Å². The van der Waals surface area contributed by atoms with Crippen molar-refractivity contribution in [2.45, 2.75) is 13.0 Å². The van der Waals surface area contributed by atoms with Crippen LogP contribution in [-0.4, -0.2) is 31.6 Å². The number of carbonyl (C=O) groups excluding carboxylic acids is 1. The monoisotopic (exact) mass is 311 g/mol. The SMILES string of the molecule is CC1CNC(=O)C(CN)N(c2ccccc2Br)C1. The summed E-state index contributed by atoms with van der Waals surface area (Å²) in [5, 5.41) is 2.94. The molecular weight excluding hydrogens is 294 g/mol. The number of halogens is 1. The van der Waals surface area contributed by atoms with Crippen LogP contribution >= 0.6 is 15.9 Å². The Kier molecular flexibility index (Phi) is 4.24. The molecule has 2 unspecified atom stereocenters. The van der Waals surface area contributed by atoms with Crippen molar-refractivity contribution in [3.05, 3.63) is 28.7 Å². The van der Waals surface area contributed by atoms with E-state index in [4.69, 9.17) is 5.73 Å². The molecule has 1 aliphatic rings. The number of nitrogens with zero attached hydrogens (tertiary/aromatic N) is 1. The standard InChI is InChI=1S/C13H18BrN3O/c1-9-7-16-13(18)12(6-15)17(8-9)11-5-3-2-4-10(11)14/h2-5,9,12H,6-8,15H2,1H3,(H,16,18). The molecule has 1 aliphatic heterocycles. The van der Waals surface area contributed by atoms with E-state index in [0.717, 1.165) is 16.7 Å². The molecule has 1 saturated heterocycles. The number of benzene rings is 1. The van der Waals surface area contributed by atoms with E-state index in [1.54, 1.807) is 0 Å². The molecule has 4 nitrogen and oxygen atoms in total. The molecule has 2 atom stereocenters. The van der Waals surface area contributed by atoms with Gasteiger partial charge < -0.3 is 16.0 Å². The average molecular weight is 312 g/mol. The van der Waals surface area contributed by atoms with Crippen LogP contribution in [0.1, 0.15) is 6.92 Å². The molecule has 0 aliphatic carbocycles. The van der Waals surface area contributed by atoms with Crippen LogP contribution in [0.5, 0.6) is 0 Å². The smallest absolute Gasteiger partial charge is 0.244 e. The number of nitrogens with one attached hydrogen (secondary N) is 1. The maximum Gasteiger partial charge on any atom is 0.244 e. The van der Waals surface area contributed by atoms with Gasteiger partial charge >= 0.3 is 0 Å². The third kappa shape index (κ3) is 2.67. The maximum atomic E-state index is 12.0. The predicted molar refractivity (Wildman–Crippen MR) is 76.5 cm³/mol. The van der Waals surface area contributed by atoms with Crippen molar-refractivity contribution < 1.29 is 4.79 Å². The second-order valence-electron chi connectivity index (χ2n) is 4.71. The number of hydrogen-bond donors (Lipinski definition) is 2. The van der Waals surface area contributed by atoms with Crippen LogP contribution in [0.4, 0.5) is 5.69 Å². The molecular formula is C13H18BrN3O. The number of amides is 1. The van der Waals surface area contributed by atoms with Gasteiger partial charge in [0.05, 0.1) is 5.69 Å². The minimum atomic E-state index is -0.298. The Morgan fingerprint density at radius 2 is 2.22 bits per heavy atom.